The first kappa shape index (κ1) is 90.7. The van der Waals surface area contributed by atoms with Gasteiger partial charge in [-0.25, -0.2) is 0 Å². The van der Waals surface area contributed by atoms with E-state index in [9.17, 15) is 61.0 Å². The molecular formula is C80H145NO18. The third-order valence-corrected chi connectivity index (χ3v) is 19.8. The summed E-state index contributed by atoms with van der Waals surface area (Å²) in [7, 11) is 0. The Hall–Kier alpha value is -2.51. The second-order valence-corrected chi connectivity index (χ2v) is 28.5. The van der Waals surface area contributed by atoms with Gasteiger partial charge in [0.1, 0.15) is 73.2 Å². The fraction of sp³-hybridized carbons (Fsp3) is 0.863. The van der Waals surface area contributed by atoms with Crippen molar-refractivity contribution in [3.8, 4) is 0 Å². The van der Waals surface area contributed by atoms with Crippen LogP contribution in [-0.4, -0.2) is 193 Å². The van der Waals surface area contributed by atoms with Crippen LogP contribution in [0.15, 0.2) is 60.8 Å². The molecule has 3 heterocycles. The maximum absolute atomic E-state index is 13.5. The molecule has 3 aliphatic heterocycles. The standard InChI is InChI=1S/C80H145NO18/c1-3-5-7-9-11-13-15-17-19-21-23-25-27-29-30-31-32-34-35-37-39-41-43-45-47-49-51-53-55-57-64(85)63(81-68(86)58-56-54-52-50-48-46-44-42-40-38-36-33-28-26-24-22-20-18-16-14-12-10-8-6-4-2)62-94-78-74(92)71(89)76(66(60-83)96-78)99-80-75(93)72(90)77(67(61-84)97-80)98-79-73(91)70(88)69(87)65(59-82)95-79/h16,18,22,24,28,33,47,49,55,57,63-67,69-80,82-85,87-93H,3-15,17,19-21,23,25-27,29-32,34-46,48,50-54,56,58-62H2,1-2H3,(H,81,86)/b18-16-,24-22-,33-28-,49-47+,57-55+. The Morgan fingerprint density at radius 1 is 0.364 bits per heavy atom. The Balaban J connectivity index is 1.40. The Morgan fingerprint density at radius 3 is 1.08 bits per heavy atom. The molecule has 578 valence electrons. The summed E-state index contributed by atoms with van der Waals surface area (Å²) in [5.41, 5.74) is 0. The van der Waals surface area contributed by atoms with Crippen LogP contribution in [0, 0.1) is 0 Å². The summed E-state index contributed by atoms with van der Waals surface area (Å²) in [6.45, 7) is 1.74. The van der Waals surface area contributed by atoms with E-state index in [-0.39, 0.29) is 18.9 Å². The zero-order chi connectivity index (χ0) is 71.8. The lowest BCUT2D eigenvalue weighted by atomic mass is 9.96. The van der Waals surface area contributed by atoms with Crippen molar-refractivity contribution in [1.82, 2.24) is 5.32 Å². The third kappa shape index (κ3) is 41.1. The van der Waals surface area contributed by atoms with Crippen molar-refractivity contribution >= 4 is 5.91 Å². The number of aliphatic hydroxyl groups excluding tert-OH is 11. The van der Waals surface area contributed by atoms with Gasteiger partial charge in [-0.15, -0.1) is 0 Å². The topological polar surface area (TPSA) is 307 Å². The molecular weight excluding hydrogens is 1260 g/mol. The van der Waals surface area contributed by atoms with Gasteiger partial charge in [0.25, 0.3) is 0 Å². The van der Waals surface area contributed by atoms with Crippen LogP contribution in [0.4, 0.5) is 0 Å². The van der Waals surface area contributed by atoms with Gasteiger partial charge in [-0.3, -0.25) is 4.79 Å². The Bertz CT molecular complexity index is 2020. The second-order valence-electron chi connectivity index (χ2n) is 28.5. The van der Waals surface area contributed by atoms with Crippen LogP contribution in [0.1, 0.15) is 309 Å². The molecule has 0 radical (unpaired) electrons. The van der Waals surface area contributed by atoms with Crippen LogP contribution in [0.3, 0.4) is 0 Å². The number of ether oxygens (including phenoxy) is 6. The number of rotatable bonds is 63. The van der Waals surface area contributed by atoms with Crippen molar-refractivity contribution in [2.24, 2.45) is 0 Å². The lowest BCUT2D eigenvalue weighted by molar-refractivity contribution is -0.379. The fourth-order valence-electron chi connectivity index (χ4n) is 13.3. The summed E-state index contributed by atoms with van der Waals surface area (Å²) in [5, 5.41) is 121. The van der Waals surface area contributed by atoms with E-state index < -0.39 is 124 Å². The Morgan fingerprint density at radius 2 is 0.677 bits per heavy atom. The second kappa shape index (κ2) is 60.7. The van der Waals surface area contributed by atoms with E-state index in [1.165, 1.54) is 212 Å². The molecule has 3 rings (SSSR count). The fourth-order valence-corrected chi connectivity index (χ4v) is 13.3. The molecule has 0 spiro atoms. The summed E-state index contributed by atoms with van der Waals surface area (Å²) in [4.78, 5) is 13.5. The molecule has 0 aliphatic carbocycles. The molecule has 17 atom stereocenters. The van der Waals surface area contributed by atoms with E-state index >= 15 is 0 Å². The monoisotopic (exact) mass is 1410 g/mol. The predicted octanol–water partition coefficient (Wildman–Crippen LogP) is 13.1. The van der Waals surface area contributed by atoms with E-state index in [1.54, 1.807) is 6.08 Å². The zero-order valence-corrected chi connectivity index (χ0v) is 61.7. The van der Waals surface area contributed by atoms with Crippen molar-refractivity contribution < 1.29 is 89.4 Å². The number of hydrogen-bond acceptors (Lipinski definition) is 18. The highest BCUT2D eigenvalue weighted by atomic mass is 16.8. The summed E-state index contributed by atoms with van der Waals surface area (Å²) in [6, 6.07) is -0.997. The highest BCUT2D eigenvalue weighted by molar-refractivity contribution is 5.76. The van der Waals surface area contributed by atoms with E-state index in [0.29, 0.717) is 12.8 Å². The summed E-state index contributed by atoms with van der Waals surface area (Å²) in [6.07, 6.45) is 50.6. The predicted molar refractivity (Wildman–Crippen MR) is 392 cm³/mol. The van der Waals surface area contributed by atoms with Crippen molar-refractivity contribution in [3.63, 3.8) is 0 Å². The van der Waals surface area contributed by atoms with Gasteiger partial charge in [-0.05, 0) is 70.6 Å². The molecule has 0 aromatic rings. The van der Waals surface area contributed by atoms with E-state index in [1.807, 2.05) is 6.08 Å². The summed E-state index contributed by atoms with van der Waals surface area (Å²) in [5.74, 6) is -0.288. The molecule has 12 N–H and O–H groups in total. The van der Waals surface area contributed by atoms with Gasteiger partial charge in [-0.2, -0.15) is 0 Å². The minimum Gasteiger partial charge on any atom is -0.394 e. The molecule has 17 unspecified atom stereocenters. The Kier molecular flexibility index (Phi) is 55.6. The van der Waals surface area contributed by atoms with Crippen LogP contribution in [0.2, 0.25) is 0 Å². The highest BCUT2D eigenvalue weighted by Gasteiger charge is 2.54. The molecule has 0 aromatic carbocycles. The lowest BCUT2D eigenvalue weighted by Crippen LogP contribution is -2.66. The number of allylic oxidation sites excluding steroid dienone is 9. The maximum atomic E-state index is 13.5. The van der Waals surface area contributed by atoms with Crippen LogP contribution in [0.25, 0.3) is 0 Å². The number of carbonyl (C=O) groups is 1. The van der Waals surface area contributed by atoms with Crippen molar-refractivity contribution in [1.29, 1.82) is 0 Å². The molecule has 3 saturated heterocycles. The van der Waals surface area contributed by atoms with E-state index in [4.69, 9.17) is 28.4 Å². The molecule has 19 heteroatoms. The van der Waals surface area contributed by atoms with Crippen molar-refractivity contribution in [2.75, 3.05) is 26.4 Å². The molecule has 0 bridgehead atoms. The van der Waals surface area contributed by atoms with Gasteiger partial charge in [-0.1, -0.05) is 293 Å². The minimum absolute atomic E-state index is 0.229. The first-order valence-corrected chi connectivity index (χ1v) is 40.0. The minimum atomic E-state index is -1.98. The van der Waals surface area contributed by atoms with Crippen molar-refractivity contribution in [2.45, 2.75) is 413 Å². The number of aliphatic hydroxyl groups is 11. The van der Waals surface area contributed by atoms with Crippen LogP contribution in [0.5, 0.6) is 0 Å². The quantitative estimate of drug-likeness (QED) is 0.0199. The lowest BCUT2D eigenvalue weighted by Gasteiger charge is -2.48. The van der Waals surface area contributed by atoms with Gasteiger partial charge in [0.05, 0.1) is 38.6 Å². The molecule has 0 saturated carbocycles. The largest absolute Gasteiger partial charge is 0.394 e. The average Bonchev–Trinajstić information content (AvgIpc) is 0.755. The van der Waals surface area contributed by atoms with Gasteiger partial charge in [0.2, 0.25) is 5.91 Å². The molecule has 3 aliphatic rings. The average molecular weight is 1410 g/mol. The first-order chi connectivity index (χ1) is 48.3. The van der Waals surface area contributed by atoms with Gasteiger partial charge in [0.15, 0.2) is 18.9 Å². The molecule has 3 fully saturated rings. The number of amides is 1. The van der Waals surface area contributed by atoms with Gasteiger partial charge in [0, 0.05) is 6.42 Å². The van der Waals surface area contributed by atoms with Crippen LogP contribution >= 0.6 is 0 Å². The zero-order valence-electron chi connectivity index (χ0n) is 61.7. The van der Waals surface area contributed by atoms with Gasteiger partial charge >= 0.3 is 0 Å². The molecule has 1 amide bonds. The Labute approximate surface area is 598 Å². The highest BCUT2D eigenvalue weighted by Crippen LogP contribution is 2.33. The summed E-state index contributed by atoms with van der Waals surface area (Å²) >= 11 is 0. The summed E-state index contributed by atoms with van der Waals surface area (Å²) < 4.78 is 34.4. The van der Waals surface area contributed by atoms with Gasteiger partial charge < -0.3 is 89.9 Å². The SMILES string of the molecule is CCCCCCC/C=C\C/C=C\C/C=C\CCCCCCCCCCCCC(=O)NC(COC1OC(CO)C(OC2OC(CO)C(OC3OC(CO)C(O)C(O)C3O)C(O)C2O)C(O)C1O)C(O)/C=C/CC/C=C/CCCCCCCCCCCCCCCCCCCCCCCCC. The van der Waals surface area contributed by atoms with Crippen molar-refractivity contribution in [3.05, 3.63) is 60.8 Å². The third-order valence-electron chi connectivity index (χ3n) is 19.8. The van der Waals surface area contributed by atoms with Crippen LogP contribution < -0.4 is 5.32 Å². The molecule has 0 aromatic heterocycles. The normalized spacial score (nSPS) is 26.9. The molecule has 99 heavy (non-hydrogen) atoms. The smallest absolute Gasteiger partial charge is 0.220 e. The number of carbonyl (C=O) groups excluding carboxylic acids is 1. The molecule has 19 nitrogen and oxygen atoms in total. The van der Waals surface area contributed by atoms with Crippen LogP contribution in [-0.2, 0) is 33.2 Å². The maximum Gasteiger partial charge on any atom is 0.220 e. The first-order valence-electron chi connectivity index (χ1n) is 40.0. The number of nitrogens with one attached hydrogen (secondary N) is 1. The number of hydrogen-bond donors (Lipinski definition) is 12. The number of unbranched alkanes of at least 4 members (excludes halogenated alkanes) is 39. The van der Waals surface area contributed by atoms with E-state index in [0.717, 1.165) is 64.2 Å². The van der Waals surface area contributed by atoms with E-state index in [2.05, 4.69) is 67.8 Å².